The number of anilines is 3. The first kappa shape index (κ1) is 22.2. The molecule has 4 aromatic carbocycles. The summed E-state index contributed by atoms with van der Waals surface area (Å²) in [7, 11) is 0. The van der Waals surface area contributed by atoms with Gasteiger partial charge in [0.15, 0.2) is 0 Å². The molecule has 2 aromatic heterocycles. The average Bonchev–Trinajstić information content (AvgIpc) is 3.57. The molecule has 0 saturated carbocycles. The lowest BCUT2D eigenvalue weighted by molar-refractivity contribution is 0.641. The molecular formula is C37H36N4. The lowest BCUT2D eigenvalue weighted by atomic mass is 9.77. The van der Waals surface area contributed by atoms with E-state index in [-0.39, 0.29) is 11.0 Å². The standard InChI is InChI=1S/C37H36N4/c1-25(2)39-24-40(34-16-9-8-15-33(34)39)29-12-10-11-27(22-29)37(4,5)28-17-18-31-30-13-6-7-14-32(30)41(35(31)23-28)36-21-26(3)19-20-38-36/h6-23,25H,24H2,1-5H3/i3D3. The Morgan fingerprint density at radius 1 is 0.756 bits per heavy atom. The van der Waals surface area contributed by atoms with Crippen LogP contribution in [0.4, 0.5) is 17.1 Å². The van der Waals surface area contributed by atoms with Crippen molar-refractivity contribution in [2.24, 2.45) is 0 Å². The number of hydrogen-bond donors (Lipinski definition) is 0. The van der Waals surface area contributed by atoms with Crippen LogP contribution in [0.2, 0.25) is 0 Å². The van der Waals surface area contributed by atoms with Crippen LogP contribution < -0.4 is 9.80 Å². The monoisotopic (exact) mass is 539 g/mol. The fourth-order valence-electron chi connectivity index (χ4n) is 6.28. The highest BCUT2D eigenvalue weighted by Crippen LogP contribution is 2.43. The molecular weight excluding hydrogens is 500 g/mol. The van der Waals surface area contributed by atoms with Crippen LogP contribution in [0.5, 0.6) is 0 Å². The van der Waals surface area contributed by atoms with Gasteiger partial charge in [-0.1, -0.05) is 68.4 Å². The van der Waals surface area contributed by atoms with Crippen molar-refractivity contribution in [2.45, 2.75) is 46.0 Å². The highest BCUT2D eigenvalue weighted by molar-refractivity contribution is 6.09. The fraction of sp³-hybridized carbons (Fsp3) is 0.216. The minimum Gasteiger partial charge on any atom is -0.349 e. The van der Waals surface area contributed by atoms with E-state index < -0.39 is 6.85 Å². The van der Waals surface area contributed by atoms with Gasteiger partial charge in [0.1, 0.15) is 5.82 Å². The number of hydrogen-bond acceptors (Lipinski definition) is 3. The molecule has 4 nitrogen and oxygen atoms in total. The first-order valence-corrected chi connectivity index (χ1v) is 14.3. The maximum atomic E-state index is 7.97. The Hall–Kier alpha value is -4.57. The van der Waals surface area contributed by atoms with Crippen molar-refractivity contribution in [3.63, 3.8) is 0 Å². The molecule has 0 N–H and O–H groups in total. The van der Waals surface area contributed by atoms with E-state index in [1.165, 1.54) is 28.2 Å². The Morgan fingerprint density at radius 2 is 1.51 bits per heavy atom. The molecule has 4 heteroatoms. The molecule has 0 saturated heterocycles. The predicted molar refractivity (Wildman–Crippen MR) is 173 cm³/mol. The Labute approximate surface area is 246 Å². The van der Waals surface area contributed by atoms with Gasteiger partial charge in [0.05, 0.1) is 29.1 Å². The second kappa shape index (κ2) is 9.52. The van der Waals surface area contributed by atoms with Gasteiger partial charge in [0, 0.05) is 38.2 Å². The van der Waals surface area contributed by atoms with E-state index in [2.05, 4.69) is 126 Å². The van der Waals surface area contributed by atoms with E-state index in [0.29, 0.717) is 11.9 Å². The molecule has 1 aliphatic rings. The van der Waals surface area contributed by atoms with Gasteiger partial charge in [0.25, 0.3) is 0 Å². The highest BCUT2D eigenvalue weighted by atomic mass is 15.4. The Bertz CT molecular complexity index is 2020. The van der Waals surface area contributed by atoms with Crippen molar-refractivity contribution in [3.8, 4) is 5.82 Å². The summed E-state index contributed by atoms with van der Waals surface area (Å²) in [6.45, 7) is 7.62. The molecule has 3 heterocycles. The minimum absolute atomic E-state index is 0.279. The van der Waals surface area contributed by atoms with E-state index in [4.69, 9.17) is 4.11 Å². The van der Waals surface area contributed by atoms with Crippen LogP contribution in [0.1, 0.15) is 48.5 Å². The number of aryl methyl sites for hydroxylation is 1. The van der Waals surface area contributed by atoms with E-state index in [1.54, 1.807) is 18.3 Å². The zero-order valence-electron chi connectivity index (χ0n) is 27.0. The number of nitrogens with zero attached hydrogens (tertiary/aromatic N) is 4. The number of rotatable bonds is 5. The van der Waals surface area contributed by atoms with Gasteiger partial charge in [-0.15, -0.1) is 0 Å². The molecule has 0 atom stereocenters. The van der Waals surface area contributed by atoms with Crippen LogP contribution in [0, 0.1) is 6.85 Å². The van der Waals surface area contributed by atoms with Crippen LogP contribution in [-0.2, 0) is 5.41 Å². The summed E-state index contributed by atoms with van der Waals surface area (Å²) in [5, 5.41) is 2.22. The third-order valence-electron chi connectivity index (χ3n) is 8.65. The normalized spacial score (nSPS) is 14.9. The minimum atomic E-state index is -2.21. The zero-order valence-corrected chi connectivity index (χ0v) is 24.0. The molecule has 0 amide bonds. The first-order chi connectivity index (χ1) is 21.0. The van der Waals surface area contributed by atoms with E-state index >= 15 is 0 Å². The van der Waals surface area contributed by atoms with E-state index in [9.17, 15) is 0 Å². The van der Waals surface area contributed by atoms with E-state index in [1.807, 2.05) is 12.1 Å². The lowest BCUT2D eigenvalue weighted by Crippen LogP contribution is -2.33. The molecule has 41 heavy (non-hydrogen) atoms. The SMILES string of the molecule is [2H]C([2H])([2H])c1ccnc(-n2c3ccccc3c3ccc(C(C)(C)c4cccc(N5CN(C(C)C)c6ccccc65)c4)cc32)c1. The molecule has 204 valence electrons. The van der Waals surface area contributed by atoms with Crippen molar-refractivity contribution in [3.05, 3.63) is 126 Å². The second-order valence-electron chi connectivity index (χ2n) is 11.8. The van der Waals surface area contributed by atoms with Crippen LogP contribution in [-0.4, -0.2) is 22.3 Å². The molecule has 0 radical (unpaired) electrons. The van der Waals surface area contributed by atoms with Gasteiger partial charge >= 0.3 is 0 Å². The quantitative estimate of drug-likeness (QED) is 0.218. The molecule has 0 unspecified atom stereocenters. The van der Waals surface area contributed by atoms with E-state index in [0.717, 1.165) is 28.5 Å². The molecule has 7 rings (SSSR count). The molecule has 0 spiro atoms. The van der Waals surface area contributed by atoms with Crippen LogP contribution in [0.15, 0.2) is 109 Å². The Kier molecular flexibility index (Phi) is 5.14. The predicted octanol–water partition coefficient (Wildman–Crippen LogP) is 9.14. The summed E-state index contributed by atoms with van der Waals surface area (Å²) in [4.78, 5) is 9.48. The third-order valence-corrected chi connectivity index (χ3v) is 8.65. The van der Waals surface area contributed by atoms with Gasteiger partial charge < -0.3 is 9.80 Å². The van der Waals surface area contributed by atoms with Gasteiger partial charge in [-0.2, -0.15) is 0 Å². The summed E-state index contributed by atoms with van der Waals surface area (Å²) in [6.07, 6.45) is 1.59. The average molecular weight is 540 g/mol. The molecule has 0 aliphatic carbocycles. The summed E-state index contributed by atoms with van der Waals surface area (Å²) < 4.78 is 26.0. The van der Waals surface area contributed by atoms with Crippen molar-refractivity contribution in [1.82, 2.24) is 9.55 Å². The number of fused-ring (bicyclic) bond motifs is 4. The number of benzene rings is 4. The van der Waals surface area contributed by atoms with Crippen LogP contribution >= 0.6 is 0 Å². The fourth-order valence-corrected chi connectivity index (χ4v) is 6.28. The first-order valence-electron chi connectivity index (χ1n) is 15.8. The number of aromatic nitrogens is 2. The third kappa shape index (κ3) is 4.09. The van der Waals surface area contributed by atoms with Crippen molar-refractivity contribution < 1.29 is 4.11 Å². The summed E-state index contributed by atoms with van der Waals surface area (Å²) >= 11 is 0. The topological polar surface area (TPSA) is 24.3 Å². The largest absolute Gasteiger partial charge is 0.349 e. The zero-order chi connectivity index (χ0) is 30.8. The second-order valence-corrected chi connectivity index (χ2v) is 11.8. The smallest absolute Gasteiger partial charge is 0.137 e. The number of pyridine rings is 1. The molecule has 0 bridgehead atoms. The van der Waals surface area contributed by atoms with Crippen molar-refractivity contribution in [2.75, 3.05) is 16.5 Å². The van der Waals surface area contributed by atoms with Gasteiger partial charge in [0.2, 0.25) is 0 Å². The lowest BCUT2D eigenvalue weighted by Gasteiger charge is -2.29. The Balaban J connectivity index is 1.34. The van der Waals surface area contributed by atoms with Crippen molar-refractivity contribution >= 4 is 38.9 Å². The van der Waals surface area contributed by atoms with Gasteiger partial charge in [-0.05, 0) is 85.9 Å². The molecule has 0 fully saturated rings. The van der Waals surface area contributed by atoms with Crippen LogP contribution in [0.3, 0.4) is 0 Å². The van der Waals surface area contributed by atoms with Gasteiger partial charge in [-0.3, -0.25) is 4.57 Å². The van der Waals surface area contributed by atoms with Crippen molar-refractivity contribution in [1.29, 1.82) is 0 Å². The van der Waals surface area contributed by atoms with Gasteiger partial charge in [-0.25, -0.2) is 4.98 Å². The molecule has 1 aliphatic heterocycles. The maximum Gasteiger partial charge on any atom is 0.137 e. The molecule has 6 aromatic rings. The highest BCUT2D eigenvalue weighted by Gasteiger charge is 2.30. The maximum absolute atomic E-state index is 7.97. The Morgan fingerprint density at radius 3 is 2.34 bits per heavy atom. The summed E-state index contributed by atoms with van der Waals surface area (Å²) in [5.74, 6) is 0.601. The summed E-state index contributed by atoms with van der Waals surface area (Å²) in [5.41, 5.74) is 8.03. The number of para-hydroxylation sites is 3. The van der Waals surface area contributed by atoms with Crippen LogP contribution in [0.25, 0.3) is 27.6 Å². The summed E-state index contributed by atoms with van der Waals surface area (Å²) in [6, 6.07) is 36.1.